The summed E-state index contributed by atoms with van der Waals surface area (Å²) in [6.07, 6.45) is 22.6. The van der Waals surface area contributed by atoms with Crippen molar-refractivity contribution in [3.05, 3.63) is 36.0 Å². The number of allylic oxidation sites excluding steroid dienone is 6. The normalized spacial score (nSPS) is 12.6. The fraction of sp³-hybridized carbons (Fsp3) is 0.650. The second-order valence-electron chi connectivity index (χ2n) is 5.84. The largest absolute Gasteiger partial charge is 0.300 e. The average molecular weight is 290 g/mol. The molecule has 0 saturated carbocycles. The summed E-state index contributed by atoms with van der Waals surface area (Å²) >= 11 is 0. The molecule has 0 amide bonds. The van der Waals surface area contributed by atoms with Crippen molar-refractivity contribution in [1.82, 2.24) is 0 Å². The fourth-order valence-corrected chi connectivity index (χ4v) is 2.21. The molecule has 0 atom stereocenters. The highest BCUT2D eigenvalue weighted by molar-refractivity contribution is 5.75. The Labute approximate surface area is 132 Å². The second-order valence-corrected chi connectivity index (χ2v) is 5.84. The van der Waals surface area contributed by atoms with E-state index in [-0.39, 0.29) is 0 Å². The lowest BCUT2D eigenvalue weighted by atomic mass is 10.0. The maximum absolute atomic E-state index is 10.8. The maximum atomic E-state index is 10.8. The van der Waals surface area contributed by atoms with Crippen molar-refractivity contribution in [2.24, 2.45) is 0 Å². The van der Waals surface area contributed by atoms with Gasteiger partial charge in [-0.05, 0) is 52.4 Å². The molecular formula is C20H34O. The van der Waals surface area contributed by atoms with Crippen molar-refractivity contribution < 1.29 is 4.79 Å². The van der Waals surface area contributed by atoms with E-state index in [0.717, 1.165) is 32.1 Å². The third-order valence-electron chi connectivity index (χ3n) is 3.54. The zero-order valence-electron chi connectivity index (χ0n) is 14.4. The summed E-state index contributed by atoms with van der Waals surface area (Å²) < 4.78 is 0. The van der Waals surface area contributed by atoms with Gasteiger partial charge in [-0.3, -0.25) is 0 Å². The molecule has 1 heteroatoms. The first-order valence-corrected chi connectivity index (χ1v) is 8.61. The van der Waals surface area contributed by atoms with Crippen LogP contribution in [0.2, 0.25) is 0 Å². The predicted molar refractivity (Wildman–Crippen MR) is 94.6 cm³/mol. The first kappa shape index (κ1) is 19.9. The lowest BCUT2D eigenvalue weighted by Crippen LogP contribution is -1.89. The topological polar surface area (TPSA) is 17.1 Å². The molecule has 0 unspecified atom stereocenters. The number of Topliss-reactive ketones (excluding diaryl/α,β-unsaturated/α-hetero) is 1. The molecule has 0 fully saturated rings. The van der Waals surface area contributed by atoms with E-state index in [0.29, 0.717) is 5.78 Å². The zero-order valence-corrected chi connectivity index (χ0v) is 14.4. The zero-order chi connectivity index (χ0) is 15.8. The van der Waals surface area contributed by atoms with E-state index in [1.165, 1.54) is 37.7 Å². The van der Waals surface area contributed by atoms with Crippen LogP contribution in [0.15, 0.2) is 36.0 Å². The highest BCUT2D eigenvalue weighted by Gasteiger charge is 1.95. The van der Waals surface area contributed by atoms with Crippen molar-refractivity contribution in [3.63, 3.8) is 0 Å². The minimum Gasteiger partial charge on any atom is -0.300 e. The third kappa shape index (κ3) is 16.8. The molecular weight excluding hydrogens is 256 g/mol. The minimum absolute atomic E-state index is 0.326. The van der Waals surface area contributed by atoms with Crippen LogP contribution >= 0.6 is 0 Å². The van der Waals surface area contributed by atoms with Gasteiger partial charge in [-0.15, -0.1) is 0 Å². The Bertz CT molecular complexity index is 334. The smallest absolute Gasteiger partial charge is 0.129 e. The van der Waals surface area contributed by atoms with Gasteiger partial charge in [-0.25, -0.2) is 0 Å². The molecule has 0 radical (unpaired) electrons. The summed E-state index contributed by atoms with van der Waals surface area (Å²) in [6.45, 7) is 6.08. The number of rotatable bonds is 13. The van der Waals surface area contributed by atoms with Crippen molar-refractivity contribution in [1.29, 1.82) is 0 Å². The van der Waals surface area contributed by atoms with Gasteiger partial charge in [0.25, 0.3) is 0 Å². The highest BCUT2D eigenvalue weighted by Crippen LogP contribution is 2.12. The predicted octanol–water partition coefficient (Wildman–Crippen LogP) is 6.56. The Balaban J connectivity index is 3.47. The molecule has 0 saturated heterocycles. The Kier molecular flexibility index (Phi) is 14.5. The molecule has 0 N–H and O–H groups in total. The quantitative estimate of drug-likeness (QED) is 0.277. The van der Waals surface area contributed by atoms with E-state index in [4.69, 9.17) is 0 Å². The van der Waals surface area contributed by atoms with E-state index < -0.39 is 0 Å². The molecule has 0 heterocycles. The number of carbonyl (C=O) groups is 1. The van der Waals surface area contributed by atoms with E-state index in [9.17, 15) is 4.79 Å². The van der Waals surface area contributed by atoms with Crippen LogP contribution < -0.4 is 0 Å². The Morgan fingerprint density at radius 3 is 2.00 bits per heavy atom. The third-order valence-corrected chi connectivity index (χ3v) is 3.54. The Hall–Kier alpha value is -1.11. The van der Waals surface area contributed by atoms with Gasteiger partial charge in [0, 0.05) is 6.42 Å². The highest BCUT2D eigenvalue weighted by atomic mass is 16.1. The molecule has 0 aromatic heterocycles. The van der Waals surface area contributed by atoms with Gasteiger partial charge in [0.2, 0.25) is 0 Å². The summed E-state index contributed by atoms with van der Waals surface area (Å²) in [4.78, 5) is 10.8. The van der Waals surface area contributed by atoms with Crippen LogP contribution in [0, 0.1) is 0 Å². The number of ketones is 1. The number of hydrogen-bond donors (Lipinski definition) is 0. The summed E-state index contributed by atoms with van der Waals surface area (Å²) in [5.41, 5.74) is 1.51. The molecule has 0 aliphatic rings. The van der Waals surface area contributed by atoms with Crippen LogP contribution in [0.1, 0.15) is 85.0 Å². The molecule has 0 aliphatic heterocycles. The molecule has 0 aromatic rings. The van der Waals surface area contributed by atoms with Crippen molar-refractivity contribution in [3.8, 4) is 0 Å². The van der Waals surface area contributed by atoms with Crippen molar-refractivity contribution in [2.75, 3.05) is 0 Å². The monoisotopic (exact) mass is 290 g/mol. The average Bonchev–Trinajstić information content (AvgIpc) is 2.45. The van der Waals surface area contributed by atoms with Gasteiger partial charge in [-0.1, -0.05) is 62.1 Å². The van der Waals surface area contributed by atoms with E-state index in [1.54, 1.807) is 6.92 Å². The van der Waals surface area contributed by atoms with Gasteiger partial charge in [-0.2, -0.15) is 0 Å². The van der Waals surface area contributed by atoms with Crippen LogP contribution in [0.5, 0.6) is 0 Å². The molecule has 1 nitrogen and oxygen atoms in total. The van der Waals surface area contributed by atoms with Gasteiger partial charge in [0.15, 0.2) is 0 Å². The lowest BCUT2D eigenvalue weighted by Gasteiger charge is -2.02. The molecule has 0 aliphatic carbocycles. The van der Waals surface area contributed by atoms with Crippen molar-refractivity contribution >= 4 is 5.78 Å². The summed E-state index contributed by atoms with van der Waals surface area (Å²) in [6, 6.07) is 0. The van der Waals surface area contributed by atoms with Crippen molar-refractivity contribution in [2.45, 2.75) is 85.0 Å². The van der Waals surface area contributed by atoms with E-state index in [2.05, 4.69) is 44.2 Å². The molecule has 0 bridgehead atoms. The van der Waals surface area contributed by atoms with Gasteiger partial charge in [0.05, 0.1) is 0 Å². The molecule has 120 valence electrons. The lowest BCUT2D eigenvalue weighted by molar-refractivity contribution is -0.117. The first-order valence-electron chi connectivity index (χ1n) is 8.61. The minimum atomic E-state index is 0.326. The van der Waals surface area contributed by atoms with Gasteiger partial charge >= 0.3 is 0 Å². The summed E-state index contributed by atoms with van der Waals surface area (Å²) in [5, 5.41) is 0. The molecule has 0 rings (SSSR count). The summed E-state index contributed by atoms with van der Waals surface area (Å²) in [5.74, 6) is 0.326. The summed E-state index contributed by atoms with van der Waals surface area (Å²) in [7, 11) is 0. The first-order chi connectivity index (χ1) is 10.2. The Morgan fingerprint density at radius 1 is 0.762 bits per heavy atom. The molecule has 0 aromatic carbocycles. The van der Waals surface area contributed by atoms with Crippen LogP contribution in [0.25, 0.3) is 0 Å². The van der Waals surface area contributed by atoms with Gasteiger partial charge in [0.1, 0.15) is 5.78 Å². The van der Waals surface area contributed by atoms with Gasteiger partial charge < -0.3 is 4.79 Å². The van der Waals surface area contributed by atoms with E-state index in [1.807, 2.05) is 0 Å². The van der Waals surface area contributed by atoms with Crippen LogP contribution in [-0.4, -0.2) is 5.78 Å². The number of carbonyl (C=O) groups excluding carboxylic acids is 1. The van der Waals surface area contributed by atoms with Crippen LogP contribution in [0.4, 0.5) is 0 Å². The fourth-order valence-electron chi connectivity index (χ4n) is 2.21. The standard InChI is InChI=1S/C20H34O/c1-4-5-6-7-8-10-13-16-19(2)17-14-11-9-12-15-18-20(3)21/h5-6,8,10,16H,4,7,9,11-15,17-18H2,1-3H3/b6-5-,10-8-,19-16+. The number of unbranched alkanes of at least 4 members (excludes halogenated alkanes) is 4. The van der Waals surface area contributed by atoms with Crippen LogP contribution in [-0.2, 0) is 4.79 Å². The molecule has 21 heavy (non-hydrogen) atoms. The number of hydrogen-bond acceptors (Lipinski definition) is 1. The Morgan fingerprint density at radius 2 is 1.33 bits per heavy atom. The molecule has 0 spiro atoms. The van der Waals surface area contributed by atoms with Crippen LogP contribution in [0.3, 0.4) is 0 Å². The van der Waals surface area contributed by atoms with E-state index >= 15 is 0 Å². The maximum Gasteiger partial charge on any atom is 0.129 e. The second kappa shape index (κ2) is 15.3. The SMILES string of the molecule is CC/C=C\C/C=C\C/C=C(\C)CCCCCCCC(C)=O.